The van der Waals surface area contributed by atoms with Crippen LogP contribution in [0.4, 0.5) is 11.5 Å². The van der Waals surface area contributed by atoms with Gasteiger partial charge in [0.15, 0.2) is 5.56 Å². The van der Waals surface area contributed by atoms with Crippen LogP contribution in [0.15, 0.2) is 39.9 Å². The van der Waals surface area contributed by atoms with Crippen LogP contribution in [0, 0.1) is 0 Å². The zero-order valence-corrected chi connectivity index (χ0v) is 14.8. The summed E-state index contributed by atoms with van der Waals surface area (Å²) in [6.07, 6.45) is 0. The van der Waals surface area contributed by atoms with Crippen LogP contribution in [0.5, 0.6) is 0 Å². The summed E-state index contributed by atoms with van der Waals surface area (Å²) in [6, 6.07) is 9.40. The summed E-state index contributed by atoms with van der Waals surface area (Å²) >= 11 is 6.29. The third-order valence-corrected chi connectivity index (χ3v) is 3.89. The molecule has 0 aliphatic rings. The van der Waals surface area contributed by atoms with Crippen LogP contribution in [-0.4, -0.2) is 40.4 Å². The molecule has 23 heavy (non-hydrogen) atoms. The molecule has 8 heteroatoms. The Morgan fingerprint density at radius 2 is 1.78 bits per heavy atom. The number of hydrogen-bond acceptors (Lipinski definition) is 3. The fourth-order valence-corrected chi connectivity index (χ4v) is 2.22. The fourth-order valence-electron chi connectivity index (χ4n) is 2.05. The van der Waals surface area contributed by atoms with Crippen molar-refractivity contribution >= 4 is 28.3 Å². The monoisotopic (exact) mass is 356 g/mol. The van der Waals surface area contributed by atoms with Crippen molar-refractivity contribution in [3.05, 3.63) is 56.7 Å². The molecule has 0 unspecified atom stereocenters. The summed E-state index contributed by atoms with van der Waals surface area (Å²) in [5, 5.41) is 0.259. The zero-order valence-electron chi connectivity index (χ0n) is 13.3. The molecule has 0 amide bonds. The van der Waals surface area contributed by atoms with Gasteiger partial charge >= 0.3 is 5.69 Å². The van der Waals surface area contributed by atoms with Crippen LogP contribution < -0.4 is 28.6 Å². The van der Waals surface area contributed by atoms with Crippen LogP contribution in [0.2, 0.25) is 0 Å². The van der Waals surface area contributed by atoms with Gasteiger partial charge in [-0.2, -0.15) is 0 Å². The van der Waals surface area contributed by atoms with E-state index in [1.807, 2.05) is 30.3 Å². The van der Waals surface area contributed by atoms with Gasteiger partial charge in [-0.15, -0.1) is 0 Å². The molecule has 0 radical (unpaired) electrons. The van der Waals surface area contributed by atoms with Gasteiger partial charge < -0.3 is 17.3 Å². The summed E-state index contributed by atoms with van der Waals surface area (Å²) < 4.78 is 2.63. The van der Waals surface area contributed by atoms with Gasteiger partial charge in [-0.1, -0.05) is 18.2 Å². The highest BCUT2D eigenvalue weighted by Gasteiger charge is 2.24. The van der Waals surface area contributed by atoms with Crippen LogP contribution in [-0.2, 0) is 7.05 Å². The van der Waals surface area contributed by atoms with Gasteiger partial charge in [-0.05, 0) is 23.7 Å². The first-order chi connectivity index (χ1) is 10.3. The maximum atomic E-state index is 12.5. The molecule has 0 saturated heterocycles. The summed E-state index contributed by atoms with van der Waals surface area (Å²) in [5.74, 6) is 0.359. The van der Waals surface area contributed by atoms with E-state index in [1.165, 1.54) is 7.05 Å². The van der Waals surface area contributed by atoms with E-state index in [0.29, 0.717) is 5.82 Å². The topological polar surface area (TPSA) is 61.1 Å². The van der Waals surface area contributed by atoms with Gasteiger partial charge in [0.25, 0.3) is 10.7 Å². The summed E-state index contributed by atoms with van der Waals surface area (Å²) in [5.41, 5.74) is 0.144. The second-order valence-electron chi connectivity index (χ2n) is 5.10. The van der Waals surface area contributed by atoms with E-state index in [1.54, 1.807) is 30.6 Å². The largest absolute Gasteiger partial charge is 1.00 e. The molecule has 0 aliphatic carbocycles. The number of hydrogen-bond donors (Lipinski definition) is 1. The average molecular weight is 357 g/mol. The van der Waals surface area contributed by atoms with Crippen molar-refractivity contribution in [2.24, 2.45) is 7.05 Å². The van der Waals surface area contributed by atoms with E-state index in [0.717, 1.165) is 10.3 Å². The van der Waals surface area contributed by atoms with E-state index in [2.05, 4.69) is 4.98 Å². The van der Waals surface area contributed by atoms with Gasteiger partial charge in [0.2, 0.25) is 0 Å². The summed E-state index contributed by atoms with van der Waals surface area (Å²) in [7, 11) is 6.65. The number of anilines is 2. The Morgan fingerprint density at radius 1 is 1.22 bits per heavy atom. The Balaban J connectivity index is 0.00000264. The lowest BCUT2D eigenvalue weighted by Crippen LogP contribution is -3.00. The number of benzene rings is 1. The van der Waals surface area contributed by atoms with Crippen molar-refractivity contribution in [1.29, 1.82) is 0 Å². The molecule has 0 saturated carbocycles. The predicted octanol–water partition coefficient (Wildman–Crippen LogP) is -1.90. The number of nitrogens with one attached hydrogen (secondary N) is 1. The lowest BCUT2D eigenvalue weighted by Gasteiger charge is -2.20. The van der Waals surface area contributed by atoms with E-state index < -0.39 is 11.2 Å². The molecule has 1 heterocycles. The van der Waals surface area contributed by atoms with E-state index in [-0.39, 0.29) is 23.1 Å². The van der Waals surface area contributed by atoms with Crippen LogP contribution in [0.25, 0.3) is 0 Å². The molecular weight excluding hydrogens is 339 g/mol. The van der Waals surface area contributed by atoms with Crippen molar-refractivity contribution in [2.75, 3.05) is 26.0 Å². The first-order valence-electron chi connectivity index (χ1n) is 6.66. The highest BCUT2D eigenvalue weighted by atomic mass is 35.5. The minimum Gasteiger partial charge on any atom is -1.00 e. The molecule has 0 spiro atoms. The average Bonchev–Trinajstić information content (AvgIpc) is 2.51. The molecule has 0 fully saturated rings. The van der Waals surface area contributed by atoms with Gasteiger partial charge in [-0.25, -0.2) is 9.37 Å². The highest BCUT2D eigenvalue weighted by molar-refractivity contribution is 6.68. The third-order valence-electron chi connectivity index (χ3n) is 3.36. The van der Waals surface area contributed by atoms with Gasteiger partial charge in [0.05, 0.1) is 0 Å². The normalized spacial score (nSPS) is 9.96. The lowest BCUT2D eigenvalue weighted by atomic mass is 10.2. The molecule has 1 N–H and O–H groups in total. The molecule has 0 atom stereocenters. The molecule has 124 valence electrons. The highest BCUT2D eigenvalue weighted by Crippen LogP contribution is 2.23. The lowest BCUT2D eigenvalue weighted by molar-refractivity contribution is -0.461. The number of H-pyrrole nitrogens is 1. The van der Waals surface area contributed by atoms with Crippen molar-refractivity contribution in [2.45, 2.75) is 0 Å². The fraction of sp³-hybridized carbons (Fsp3) is 0.267. The van der Waals surface area contributed by atoms with Crippen molar-refractivity contribution in [3.8, 4) is 0 Å². The molecule has 1 aromatic carbocycles. The number of para-hydroxylation sites is 1. The van der Waals surface area contributed by atoms with E-state index >= 15 is 0 Å². The van der Waals surface area contributed by atoms with Gasteiger partial charge in [-0.3, -0.25) is 14.3 Å². The first kappa shape index (κ1) is 19.0. The Morgan fingerprint density at radius 3 is 2.30 bits per heavy atom. The molecule has 2 rings (SSSR count). The van der Waals surface area contributed by atoms with E-state index in [4.69, 9.17) is 11.6 Å². The van der Waals surface area contributed by atoms with Crippen molar-refractivity contribution in [1.82, 2.24) is 9.55 Å². The minimum atomic E-state index is -0.491. The summed E-state index contributed by atoms with van der Waals surface area (Å²) in [4.78, 5) is 28.9. The van der Waals surface area contributed by atoms with Crippen molar-refractivity contribution in [3.63, 3.8) is 0 Å². The van der Waals surface area contributed by atoms with Gasteiger partial charge in [0, 0.05) is 19.8 Å². The number of rotatable bonds is 3. The summed E-state index contributed by atoms with van der Waals surface area (Å²) in [6.45, 7) is 0. The number of nitrogens with zero attached hydrogens (tertiary/aromatic N) is 3. The maximum Gasteiger partial charge on any atom is 0.329 e. The van der Waals surface area contributed by atoms with Gasteiger partial charge in [0.1, 0.15) is 19.9 Å². The minimum absolute atomic E-state index is 0. The Kier molecular flexibility index (Phi) is 6.18. The number of aromatic amines is 1. The first-order valence-corrected chi connectivity index (χ1v) is 7.04. The smallest absolute Gasteiger partial charge is 0.329 e. The van der Waals surface area contributed by atoms with Crippen LogP contribution in [0.3, 0.4) is 0 Å². The second-order valence-corrected chi connectivity index (χ2v) is 5.46. The Bertz CT molecular complexity index is 837. The van der Waals surface area contributed by atoms with Crippen LogP contribution >= 0.6 is 11.6 Å². The quantitative estimate of drug-likeness (QED) is 0.516. The molecule has 6 nitrogen and oxygen atoms in total. The Hall–Kier alpha value is -2.05. The van der Waals surface area contributed by atoms with E-state index in [9.17, 15) is 9.59 Å². The molecule has 1 aromatic heterocycles. The zero-order chi connectivity index (χ0) is 16.4. The maximum absolute atomic E-state index is 12.5. The molecule has 2 aromatic rings. The SMILES string of the molecule is CN(c1ccccc1)c1[nH]c(=O)n(C)c(=O)c1C(Cl)=[N+](C)C.[Cl-]. The predicted molar refractivity (Wildman–Crippen MR) is 88.9 cm³/mol. The standard InChI is InChI=1S/C15H17ClN4O2.ClH/c1-18(2)12(16)11-13(17-15(22)20(4)14(11)21)19(3)10-8-6-5-7-9-10;/h5-9H,1-4H3;1H. The molecular formula is C15H18Cl2N4O2. The third kappa shape index (κ3) is 3.65. The number of aromatic nitrogens is 2. The number of halogens is 2. The van der Waals surface area contributed by atoms with Crippen LogP contribution in [0.1, 0.15) is 5.56 Å². The molecule has 0 aliphatic heterocycles. The Labute approximate surface area is 145 Å². The molecule has 0 bridgehead atoms. The second kappa shape index (κ2) is 7.48. The van der Waals surface area contributed by atoms with Crippen molar-refractivity contribution < 1.29 is 17.0 Å².